The van der Waals surface area contributed by atoms with E-state index in [0.29, 0.717) is 17.2 Å². The smallest absolute Gasteiger partial charge is 0.223 e. The minimum Gasteiger partial charge on any atom is -0.356 e. The number of carbonyl (C=O) groups is 1. The summed E-state index contributed by atoms with van der Waals surface area (Å²) < 4.78 is 0. The van der Waals surface area contributed by atoms with Gasteiger partial charge in [-0.3, -0.25) is 4.79 Å². The van der Waals surface area contributed by atoms with Crippen LogP contribution in [0.5, 0.6) is 0 Å². The highest BCUT2D eigenvalue weighted by Crippen LogP contribution is 2.31. The highest BCUT2D eigenvalue weighted by Gasteiger charge is 2.30. The van der Waals surface area contributed by atoms with Gasteiger partial charge in [0.1, 0.15) is 0 Å². The van der Waals surface area contributed by atoms with E-state index >= 15 is 0 Å². The van der Waals surface area contributed by atoms with Gasteiger partial charge >= 0.3 is 0 Å². The molecule has 74 valence electrons. The number of amides is 1. The van der Waals surface area contributed by atoms with Gasteiger partial charge in [0.05, 0.1) is 0 Å². The first-order valence-electron chi connectivity index (χ1n) is 5.17. The van der Waals surface area contributed by atoms with Crippen molar-refractivity contribution in [2.24, 2.45) is 11.8 Å². The van der Waals surface area contributed by atoms with Gasteiger partial charge in [0, 0.05) is 17.8 Å². The van der Waals surface area contributed by atoms with Crippen LogP contribution in [0.1, 0.15) is 32.1 Å². The molecule has 2 unspecified atom stereocenters. The zero-order valence-electron chi connectivity index (χ0n) is 7.76. The number of hydrogen-bond donors (Lipinski definition) is 1. The summed E-state index contributed by atoms with van der Waals surface area (Å²) in [5, 5.41) is 3.36. The summed E-state index contributed by atoms with van der Waals surface area (Å²) in [5.41, 5.74) is 0. The van der Waals surface area contributed by atoms with Crippen LogP contribution in [0.2, 0.25) is 0 Å². The number of hydrogen-bond acceptors (Lipinski definition) is 1. The number of rotatable bonds is 3. The molecule has 2 saturated carbocycles. The standard InChI is InChI=1S/C10H16ClNO/c11-9-4-1-7(5-9)6-12-10(13)8-2-3-8/h7-9H,1-6H2,(H,12,13). The van der Waals surface area contributed by atoms with E-state index in [1.807, 2.05) is 0 Å². The van der Waals surface area contributed by atoms with Crippen molar-refractivity contribution < 1.29 is 4.79 Å². The van der Waals surface area contributed by atoms with Gasteiger partial charge in [0.25, 0.3) is 0 Å². The summed E-state index contributed by atoms with van der Waals surface area (Å²) in [6.45, 7) is 0.846. The molecule has 0 saturated heterocycles. The van der Waals surface area contributed by atoms with Gasteiger partial charge in [-0.15, -0.1) is 11.6 Å². The highest BCUT2D eigenvalue weighted by atomic mass is 35.5. The molecule has 13 heavy (non-hydrogen) atoms. The summed E-state index contributed by atoms with van der Waals surface area (Å²) in [6, 6.07) is 0. The Kier molecular flexibility index (Phi) is 2.77. The Labute approximate surface area is 84.0 Å². The molecule has 1 N–H and O–H groups in total. The topological polar surface area (TPSA) is 29.1 Å². The van der Waals surface area contributed by atoms with Gasteiger partial charge < -0.3 is 5.32 Å². The maximum Gasteiger partial charge on any atom is 0.223 e. The Morgan fingerprint density at radius 3 is 2.62 bits per heavy atom. The van der Waals surface area contributed by atoms with Gasteiger partial charge in [0.15, 0.2) is 0 Å². The minimum atomic E-state index is 0.262. The van der Waals surface area contributed by atoms with Crippen LogP contribution in [-0.4, -0.2) is 17.8 Å². The Bertz CT molecular complexity index is 203. The van der Waals surface area contributed by atoms with E-state index in [1.165, 1.54) is 6.42 Å². The minimum absolute atomic E-state index is 0.262. The van der Waals surface area contributed by atoms with E-state index < -0.39 is 0 Å². The first-order valence-corrected chi connectivity index (χ1v) is 5.61. The average molecular weight is 202 g/mol. The van der Waals surface area contributed by atoms with Gasteiger partial charge in [-0.1, -0.05) is 0 Å². The second-order valence-electron chi connectivity index (χ2n) is 4.30. The van der Waals surface area contributed by atoms with E-state index in [0.717, 1.165) is 32.2 Å². The molecule has 2 aliphatic rings. The SMILES string of the molecule is O=C(NCC1CCC(Cl)C1)C1CC1. The summed E-state index contributed by atoms with van der Waals surface area (Å²) in [7, 11) is 0. The number of nitrogens with one attached hydrogen (secondary N) is 1. The van der Waals surface area contributed by atoms with Crippen molar-refractivity contribution in [3.8, 4) is 0 Å². The Balaban J connectivity index is 1.64. The zero-order valence-corrected chi connectivity index (χ0v) is 8.52. The molecule has 0 aromatic rings. The predicted molar refractivity (Wildman–Crippen MR) is 52.7 cm³/mol. The average Bonchev–Trinajstić information content (AvgIpc) is 2.87. The summed E-state index contributed by atoms with van der Waals surface area (Å²) in [5.74, 6) is 1.23. The van der Waals surface area contributed by atoms with E-state index in [9.17, 15) is 4.79 Å². The quantitative estimate of drug-likeness (QED) is 0.695. The number of carbonyl (C=O) groups excluding carboxylic acids is 1. The van der Waals surface area contributed by atoms with E-state index in [4.69, 9.17) is 11.6 Å². The fourth-order valence-electron chi connectivity index (χ4n) is 1.93. The van der Waals surface area contributed by atoms with Gasteiger partial charge in [-0.25, -0.2) is 0 Å². The first kappa shape index (κ1) is 9.32. The lowest BCUT2D eigenvalue weighted by Crippen LogP contribution is -2.29. The maximum atomic E-state index is 11.3. The third-order valence-corrected chi connectivity index (χ3v) is 3.39. The number of halogens is 1. The second kappa shape index (κ2) is 3.87. The molecule has 2 rings (SSSR count). The monoisotopic (exact) mass is 201 g/mol. The molecule has 2 atom stereocenters. The molecule has 1 amide bonds. The van der Waals surface area contributed by atoms with Crippen LogP contribution in [0.15, 0.2) is 0 Å². The van der Waals surface area contributed by atoms with Crippen molar-refractivity contribution in [1.29, 1.82) is 0 Å². The molecule has 0 radical (unpaired) electrons. The molecule has 3 heteroatoms. The van der Waals surface area contributed by atoms with E-state index in [2.05, 4.69) is 5.32 Å². The molecule has 2 fully saturated rings. The third-order valence-electron chi connectivity index (χ3n) is 2.99. The van der Waals surface area contributed by atoms with Crippen molar-refractivity contribution in [2.45, 2.75) is 37.5 Å². The van der Waals surface area contributed by atoms with Crippen molar-refractivity contribution in [3.05, 3.63) is 0 Å². The Morgan fingerprint density at radius 1 is 1.31 bits per heavy atom. The highest BCUT2D eigenvalue weighted by molar-refractivity contribution is 6.20. The predicted octanol–water partition coefficient (Wildman–Crippen LogP) is 1.92. The molecular formula is C10H16ClNO. The molecule has 0 heterocycles. The second-order valence-corrected chi connectivity index (χ2v) is 4.91. The van der Waals surface area contributed by atoms with Crippen molar-refractivity contribution in [1.82, 2.24) is 5.32 Å². The van der Waals surface area contributed by atoms with Crippen LogP contribution >= 0.6 is 11.6 Å². The molecule has 0 bridgehead atoms. The lowest BCUT2D eigenvalue weighted by atomic mass is 10.1. The van der Waals surface area contributed by atoms with Crippen molar-refractivity contribution >= 4 is 17.5 Å². The Morgan fingerprint density at radius 2 is 2.08 bits per heavy atom. The van der Waals surface area contributed by atoms with E-state index in [1.54, 1.807) is 0 Å². The maximum absolute atomic E-state index is 11.3. The van der Waals surface area contributed by atoms with Crippen LogP contribution in [0.3, 0.4) is 0 Å². The Hall–Kier alpha value is -0.240. The molecule has 0 aliphatic heterocycles. The van der Waals surface area contributed by atoms with Crippen LogP contribution < -0.4 is 5.32 Å². The van der Waals surface area contributed by atoms with E-state index in [-0.39, 0.29) is 5.91 Å². The summed E-state index contributed by atoms with van der Waals surface area (Å²) >= 11 is 5.98. The normalized spacial score (nSPS) is 33.3. The molecule has 0 spiro atoms. The van der Waals surface area contributed by atoms with Crippen molar-refractivity contribution in [3.63, 3.8) is 0 Å². The van der Waals surface area contributed by atoms with Crippen LogP contribution in [-0.2, 0) is 4.79 Å². The van der Waals surface area contributed by atoms with Crippen molar-refractivity contribution in [2.75, 3.05) is 6.54 Å². The molecular weight excluding hydrogens is 186 g/mol. The van der Waals surface area contributed by atoms with Crippen LogP contribution in [0.25, 0.3) is 0 Å². The van der Waals surface area contributed by atoms with Gasteiger partial charge in [-0.2, -0.15) is 0 Å². The van der Waals surface area contributed by atoms with Gasteiger partial charge in [-0.05, 0) is 38.0 Å². The summed E-state index contributed by atoms with van der Waals surface area (Å²) in [6.07, 6.45) is 5.56. The zero-order chi connectivity index (χ0) is 9.26. The lowest BCUT2D eigenvalue weighted by molar-refractivity contribution is -0.122. The fourth-order valence-corrected chi connectivity index (χ4v) is 2.31. The largest absolute Gasteiger partial charge is 0.356 e. The lowest BCUT2D eigenvalue weighted by Gasteiger charge is -2.09. The molecule has 2 aliphatic carbocycles. The third kappa shape index (κ3) is 2.60. The molecule has 0 aromatic carbocycles. The van der Waals surface area contributed by atoms with Crippen LogP contribution in [0, 0.1) is 11.8 Å². The van der Waals surface area contributed by atoms with Gasteiger partial charge in [0.2, 0.25) is 5.91 Å². The number of alkyl halides is 1. The summed E-state index contributed by atoms with van der Waals surface area (Å²) in [4.78, 5) is 11.3. The molecule has 2 nitrogen and oxygen atoms in total. The molecule has 0 aromatic heterocycles. The fraction of sp³-hybridized carbons (Fsp3) is 0.900. The van der Waals surface area contributed by atoms with Crippen LogP contribution in [0.4, 0.5) is 0 Å². The first-order chi connectivity index (χ1) is 6.25.